The highest BCUT2D eigenvalue weighted by molar-refractivity contribution is 5.83. The number of carbonyl (C=O) groups is 1. The molecule has 1 fully saturated rings. The molecule has 1 aliphatic heterocycles. The molecule has 7 heteroatoms. The van der Waals surface area contributed by atoms with Crippen LogP contribution in [0.4, 0.5) is 13.2 Å². The Labute approximate surface area is 152 Å². The molecule has 4 nitrogen and oxygen atoms in total. The predicted molar refractivity (Wildman–Crippen MR) is 93.6 cm³/mol. The van der Waals surface area contributed by atoms with Gasteiger partial charge in [-0.3, -0.25) is 10.2 Å². The molecular formula is C19H27F3N2O2. The first-order chi connectivity index (χ1) is 12.1. The largest absolute Gasteiger partial charge is 0.494 e. The van der Waals surface area contributed by atoms with Crippen molar-refractivity contribution >= 4 is 5.91 Å². The molecule has 1 aromatic carbocycles. The van der Waals surface area contributed by atoms with Crippen molar-refractivity contribution < 1.29 is 22.7 Å². The van der Waals surface area contributed by atoms with Gasteiger partial charge in [0.05, 0.1) is 12.0 Å². The summed E-state index contributed by atoms with van der Waals surface area (Å²) in [5, 5.41) is 1.05. The Kier molecular flexibility index (Phi) is 6.55. The molecule has 26 heavy (non-hydrogen) atoms. The average molecular weight is 372 g/mol. The molecule has 1 heterocycles. The normalized spacial score (nSPS) is 18.6. The topological polar surface area (TPSA) is 41.6 Å². The molecule has 1 N–H and O–H groups in total. The van der Waals surface area contributed by atoms with Crippen molar-refractivity contribution in [2.24, 2.45) is 5.41 Å². The first-order valence-electron chi connectivity index (χ1n) is 8.99. The van der Waals surface area contributed by atoms with E-state index in [1.165, 1.54) is 0 Å². The zero-order chi connectivity index (χ0) is 19.4. The summed E-state index contributed by atoms with van der Waals surface area (Å²) in [5.74, 6) is 0.416. The Balaban J connectivity index is 1.88. The van der Waals surface area contributed by atoms with Crippen LogP contribution in [0, 0.1) is 5.41 Å². The van der Waals surface area contributed by atoms with Crippen LogP contribution in [0.3, 0.4) is 0 Å². The number of amides is 1. The smallest absolute Gasteiger partial charge is 0.405 e. The Morgan fingerprint density at radius 3 is 2.62 bits per heavy atom. The zero-order valence-electron chi connectivity index (χ0n) is 15.5. The monoisotopic (exact) mass is 372 g/mol. The SMILES string of the molecule is CCOc1cccc(CCCCC(N2CC(C)(C)C(=O)N2)C(F)(F)F)c1. The van der Waals surface area contributed by atoms with Gasteiger partial charge in [-0.2, -0.15) is 13.2 Å². The molecule has 1 aromatic rings. The fourth-order valence-corrected chi connectivity index (χ4v) is 3.13. The number of halogens is 3. The van der Waals surface area contributed by atoms with Gasteiger partial charge in [0.25, 0.3) is 0 Å². The van der Waals surface area contributed by atoms with Gasteiger partial charge < -0.3 is 4.74 Å². The van der Waals surface area contributed by atoms with Gasteiger partial charge in [0, 0.05) is 6.54 Å². The molecule has 1 unspecified atom stereocenters. The minimum atomic E-state index is -4.37. The number of ether oxygens (including phenoxy) is 1. The lowest BCUT2D eigenvalue weighted by atomic mass is 9.94. The maximum absolute atomic E-state index is 13.4. The van der Waals surface area contributed by atoms with Crippen LogP contribution >= 0.6 is 0 Å². The van der Waals surface area contributed by atoms with Crippen LogP contribution in [0.15, 0.2) is 24.3 Å². The van der Waals surface area contributed by atoms with E-state index in [9.17, 15) is 18.0 Å². The molecule has 0 radical (unpaired) electrons. The van der Waals surface area contributed by atoms with Crippen molar-refractivity contribution in [3.8, 4) is 5.75 Å². The Bertz CT molecular complexity index is 617. The molecule has 1 atom stereocenters. The van der Waals surface area contributed by atoms with E-state index in [-0.39, 0.29) is 18.9 Å². The molecule has 1 amide bonds. The predicted octanol–water partition coefficient (Wildman–Crippen LogP) is 4.10. The number of rotatable bonds is 8. The number of aryl methyl sites for hydroxylation is 1. The van der Waals surface area contributed by atoms with E-state index in [0.717, 1.165) is 16.3 Å². The number of benzene rings is 1. The number of hydrogen-bond donors (Lipinski definition) is 1. The summed E-state index contributed by atoms with van der Waals surface area (Å²) in [6.45, 7) is 5.85. The molecule has 0 bridgehead atoms. The number of nitrogens with zero attached hydrogens (tertiary/aromatic N) is 1. The second kappa shape index (κ2) is 8.29. The lowest BCUT2D eigenvalue weighted by Gasteiger charge is -2.29. The fraction of sp³-hybridized carbons (Fsp3) is 0.632. The van der Waals surface area contributed by atoms with Crippen LogP contribution in [0.5, 0.6) is 5.75 Å². The lowest BCUT2D eigenvalue weighted by Crippen LogP contribution is -2.49. The van der Waals surface area contributed by atoms with Crippen LogP contribution in [0.25, 0.3) is 0 Å². The number of hydrogen-bond acceptors (Lipinski definition) is 3. The summed E-state index contributed by atoms with van der Waals surface area (Å²) >= 11 is 0. The standard InChI is InChI=1S/C19H27F3N2O2/c1-4-26-15-10-7-9-14(12-15)8-5-6-11-16(19(20,21)22)24-13-18(2,3)17(25)23-24/h7,9-10,12,16H,4-6,8,11,13H2,1-3H3,(H,23,25). The van der Waals surface area contributed by atoms with Crippen molar-refractivity contribution in [2.45, 2.75) is 58.7 Å². The number of carbonyl (C=O) groups excluding carboxylic acids is 1. The molecule has 2 rings (SSSR count). The van der Waals surface area contributed by atoms with Crippen LogP contribution in [0.1, 0.15) is 45.6 Å². The minimum absolute atomic E-state index is 0.0367. The first-order valence-corrected chi connectivity index (χ1v) is 8.99. The molecule has 1 aliphatic rings. The lowest BCUT2D eigenvalue weighted by molar-refractivity contribution is -0.190. The van der Waals surface area contributed by atoms with Gasteiger partial charge in [-0.05, 0) is 57.7 Å². The van der Waals surface area contributed by atoms with E-state index in [4.69, 9.17) is 4.74 Å². The van der Waals surface area contributed by atoms with E-state index < -0.39 is 17.6 Å². The Morgan fingerprint density at radius 1 is 1.31 bits per heavy atom. The fourth-order valence-electron chi connectivity index (χ4n) is 3.13. The van der Waals surface area contributed by atoms with E-state index in [1.54, 1.807) is 13.8 Å². The molecule has 1 saturated heterocycles. The third-order valence-corrected chi connectivity index (χ3v) is 4.58. The van der Waals surface area contributed by atoms with Crippen molar-refractivity contribution in [3.05, 3.63) is 29.8 Å². The Hall–Kier alpha value is -1.76. The minimum Gasteiger partial charge on any atom is -0.494 e. The van der Waals surface area contributed by atoms with Gasteiger partial charge in [-0.15, -0.1) is 0 Å². The van der Waals surface area contributed by atoms with Crippen LogP contribution in [-0.2, 0) is 11.2 Å². The maximum atomic E-state index is 13.4. The van der Waals surface area contributed by atoms with Gasteiger partial charge in [0.15, 0.2) is 0 Å². The maximum Gasteiger partial charge on any atom is 0.405 e. The summed E-state index contributed by atoms with van der Waals surface area (Å²) in [4.78, 5) is 11.8. The zero-order valence-corrected chi connectivity index (χ0v) is 15.5. The van der Waals surface area contributed by atoms with Crippen LogP contribution in [0.2, 0.25) is 0 Å². The highest BCUT2D eigenvalue weighted by atomic mass is 19.4. The second-order valence-corrected chi connectivity index (χ2v) is 7.34. The van der Waals surface area contributed by atoms with Gasteiger partial charge >= 0.3 is 6.18 Å². The van der Waals surface area contributed by atoms with E-state index >= 15 is 0 Å². The van der Waals surface area contributed by atoms with E-state index in [0.29, 0.717) is 25.9 Å². The van der Waals surface area contributed by atoms with Crippen LogP contribution in [-0.4, -0.2) is 36.3 Å². The quantitative estimate of drug-likeness (QED) is 0.699. The summed E-state index contributed by atoms with van der Waals surface area (Å²) < 4.78 is 45.7. The highest BCUT2D eigenvalue weighted by Crippen LogP contribution is 2.33. The molecule has 0 aromatic heterocycles. The molecule has 0 spiro atoms. The third kappa shape index (κ3) is 5.37. The number of nitrogens with one attached hydrogen (secondary N) is 1. The van der Waals surface area contributed by atoms with Crippen molar-refractivity contribution in [1.82, 2.24) is 10.4 Å². The summed E-state index contributed by atoms with van der Waals surface area (Å²) in [6.07, 6.45) is -2.64. The Morgan fingerprint density at radius 2 is 2.04 bits per heavy atom. The number of alkyl halides is 3. The van der Waals surface area contributed by atoms with Gasteiger partial charge in [0.2, 0.25) is 5.91 Å². The van der Waals surface area contributed by atoms with Crippen molar-refractivity contribution in [3.63, 3.8) is 0 Å². The molecule has 0 aliphatic carbocycles. The van der Waals surface area contributed by atoms with Gasteiger partial charge in [0.1, 0.15) is 11.8 Å². The summed E-state index contributed by atoms with van der Waals surface area (Å²) in [6, 6.07) is 5.98. The first kappa shape index (κ1) is 20.6. The number of hydrazine groups is 1. The highest BCUT2D eigenvalue weighted by Gasteiger charge is 2.49. The summed E-state index contributed by atoms with van der Waals surface area (Å²) in [5.41, 5.74) is 2.64. The molecule has 146 valence electrons. The van der Waals surface area contributed by atoms with Gasteiger partial charge in [-0.1, -0.05) is 18.6 Å². The van der Waals surface area contributed by atoms with Crippen molar-refractivity contribution in [1.29, 1.82) is 0 Å². The second-order valence-electron chi connectivity index (χ2n) is 7.34. The average Bonchev–Trinajstić information content (AvgIpc) is 2.79. The third-order valence-electron chi connectivity index (χ3n) is 4.58. The van der Waals surface area contributed by atoms with E-state index in [1.807, 2.05) is 31.2 Å². The van der Waals surface area contributed by atoms with Crippen molar-refractivity contribution in [2.75, 3.05) is 13.2 Å². The molecular weight excluding hydrogens is 345 g/mol. The van der Waals surface area contributed by atoms with Crippen LogP contribution < -0.4 is 10.2 Å². The summed E-state index contributed by atoms with van der Waals surface area (Å²) in [7, 11) is 0. The van der Waals surface area contributed by atoms with Gasteiger partial charge in [-0.25, -0.2) is 5.01 Å². The molecule has 0 saturated carbocycles. The number of unbranched alkanes of at least 4 members (excludes halogenated alkanes) is 1. The van der Waals surface area contributed by atoms with E-state index in [2.05, 4.69) is 5.43 Å².